The van der Waals surface area contributed by atoms with Crippen molar-refractivity contribution < 1.29 is 45.1 Å². The third-order valence-corrected chi connectivity index (χ3v) is 15.1. The van der Waals surface area contributed by atoms with E-state index in [1.54, 1.807) is 3.28 Å². The molecule has 0 N–H and O–H groups in total. The molecule has 2 aliphatic carbocycles. The third-order valence-electron chi connectivity index (χ3n) is 4.86. The molecule has 3 heteroatoms. The van der Waals surface area contributed by atoms with Crippen molar-refractivity contribution in [2.24, 2.45) is 0 Å². The summed E-state index contributed by atoms with van der Waals surface area (Å²) < 4.78 is 8.62. The Balaban J connectivity index is 0.00000192. The Hall–Kier alpha value is -0.537. The second-order valence-electron chi connectivity index (χ2n) is 6.40. The van der Waals surface area contributed by atoms with Crippen LogP contribution in [-0.2, 0) is 20.3 Å². The number of rotatable bonds is 4. The first-order chi connectivity index (χ1) is 10.8. The van der Waals surface area contributed by atoms with Gasteiger partial charge in [0.15, 0.2) is 0 Å². The molecule has 0 spiro atoms. The van der Waals surface area contributed by atoms with E-state index in [0.717, 1.165) is 12.8 Å². The molecule has 25 heavy (non-hydrogen) atoms. The van der Waals surface area contributed by atoms with E-state index in [1.807, 2.05) is 0 Å². The van der Waals surface area contributed by atoms with Gasteiger partial charge in [-0.2, -0.15) is 0 Å². The minimum Gasteiger partial charge on any atom is -1.00 e. The van der Waals surface area contributed by atoms with Gasteiger partial charge in [-0.3, -0.25) is 0 Å². The largest absolute Gasteiger partial charge is 1.00 e. The Morgan fingerprint density at radius 1 is 1.20 bits per heavy atom. The van der Waals surface area contributed by atoms with Crippen molar-refractivity contribution in [1.82, 2.24) is 0 Å². The van der Waals surface area contributed by atoms with E-state index >= 15 is 0 Å². The zero-order valence-corrected chi connectivity index (χ0v) is 18.3. The van der Waals surface area contributed by atoms with Crippen LogP contribution in [0.2, 0.25) is 4.63 Å². The zero-order valence-electron chi connectivity index (χ0n) is 14.4. The summed E-state index contributed by atoms with van der Waals surface area (Å²) in [6.07, 6.45) is 16.3. The van der Waals surface area contributed by atoms with Crippen LogP contribution in [-0.4, -0.2) is 0 Å². The van der Waals surface area contributed by atoms with Gasteiger partial charge >= 0.3 is 140 Å². The number of hydrogen-bond donors (Lipinski definition) is 0. The van der Waals surface area contributed by atoms with Gasteiger partial charge in [-0.1, -0.05) is 7.43 Å². The van der Waals surface area contributed by atoms with Crippen molar-refractivity contribution in [1.29, 1.82) is 0 Å². The van der Waals surface area contributed by atoms with Crippen molar-refractivity contribution in [3.05, 3.63) is 63.0 Å². The molecule has 134 valence electrons. The van der Waals surface area contributed by atoms with Crippen molar-refractivity contribution in [2.75, 3.05) is 0 Å². The molecule has 1 aromatic carbocycles. The van der Waals surface area contributed by atoms with Crippen LogP contribution in [0.4, 0.5) is 0 Å². The monoisotopic (exact) mass is 452 g/mol. The SMILES string of the molecule is C.CCCCC#[C][Zr+2]([CH3])([C]1=CC=CC1)[CH]1C=Cc2ccccc21.[Cl-].[Cl-]. The second-order valence-corrected chi connectivity index (χ2v) is 16.0. The van der Waals surface area contributed by atoms with Crippen LogP contribution in [0.1, 0.15) is 54.8 Å². The molecule has 0 fully saturated rings. The number of fused-ring (bicyclic) bond motifs is 1. The van der Waals surface area contributed by atoms with Crippen molar-refractivity contribution in [2.45, 2.75) is 48.3 Å². The maximum Gasteiger partial charge on any atom is -1.00 e. The summed E-state index contributed by atoms with van der Waals surface area (Å²) >= 11 is -2.72. The quantitative estimate of drug-likeness (QED) is 0.462. The van der Waals surface area contributed by atoms with E-state index in [1.165, 1.54) is 24.0 Å². The second kappa shape index (κ2) is 11.2. The fraction of sp³-hybridized carbons (Fsp3) is 0.364. The molecule has 0 saturated heterocycles. The van der Waals surface area contributed by atoms with Crippen LogP contribution in [0, 0.1) is 9.55 Å². The van der Waals surface area contributed by atoms with Gasteiger partial charge in [0.25, 0.3) is 0 Å². The van der Waals surface area contributed by atoms with Gasteiger partial charge in [-0.25, -0.2) is 0 Å². The number of unbranched alkanes of at least 4 members (excludes halogenated alkanes) is 2. The maximum atomic E-state index is 3.86. The fourth-order valence-corrected chi connectivity index (χ4v) is 12.2. The molecule has 0 radical (unpaired) electrons. The number of allylic oxidation sites excluding steroid dienone is 5. The Morgan fingerprint density at radius 3 is 2.64 bits per heavy atom. The fourth-order valence-electron chi connectivity index (χ4n) is 3.45. The minimum absolute atomic E-state index is 0. The van der Waals surface area contributed by atoms with Crippen LogP contribution in [0.25, 0.3) is 6.08 Å². The molecular formula is C22H28Cl2Zr. The van der Waals surface area contributed by atoms with E-state index in [-0.39, 0.29) is 32.2 Å². The average molecular weight is 455 g/mol. The topological polar surface area (TPSA) is 0 Å². The molecule has 0 saturated carbocycles. The molecule has 2 atom stereocenters. The van der Waals surface area contributed by atoms with Gasteiger partial charge < -0.3 is 24.8 Å². The maximum absolute atomic E-state index is 3.86. The Morgan fingerprint density at radius 2 is 1.96 bits per heavy atom. The van der Waals surface area contributed by atoms with Crippen molar-refractivity contribution in [3.63, 3.8) is 0 Å². The number of benzene rings is 1. The summed E-state index contributed by atoms with van der Waals surface area (Å²) in [5.74, 6) is 3.55. The smallest absolute Gasteiger partial charge is 1.00 e. The van der Waals surface area contributed by atoms with Gasteiger partial charge in [-0.05, 0) is 0 Å². The standard InChI is InChI=1S/C9H7.C6H9.C5H5.CH4.CH3.2ClH.Zr/c1-2-5-9-7-3-6-8(9)4-1;1-3-5-6-4-2;1-2-4-5-3-1;;;;;/h1-7H;3,5-6H2,1H3;1-3H,4H2;1H4;1H3;2*1H;/q;;;;;;;+2/p-2. The molecule has 0 aromatic heterocycles. The molecule has 2 aliphatic rings. The summed E-state index contributed by atoms with van der Waals surface area (Å²) in [6.45, 7) is 2.24. The Bertz CT molecular complexity index is 706. The van der Waals surface area contributed by atoms with Crippen molar-refractivity contribution >= 4 is 6.08 Å². The van der Waals surface area contributed by atoms with Gasteiger partial charge in [0, 0.05) is 0 Å². The Kier molecular flexibility index (Phi) is 11.0. The molecule has 3 rings (SSSR count). The normalized spacial score (nSPS) is 17.2. The first kappa shape index (κ1) is 24.5. The van der Waals surface area contributed by atoms with E-state index in [4.69, 9.17) is 0 Å². The molecule has 2 unspecified atom stereocenters. The molecule has 0 amide bonds. The zero-order chi connectivity index (χ0) is 15.4. The summed E-state index contributed by atoms with van der Waals surface area (Å²) in [4.78, 5) is 0. The molecule has 0 heterocycles. The van der Waals surface area contributed by atoms with Gasteiger partial charge in [0.05, 0.1) is 0 Å². The Labute approximate surface area is 171 Å². The number of hydrogen-bond acceptors (Lipinski definition) is 0. The van der Waals surface area contributed by atoms with Crippen LogP contribution in [0.5, 0.6) is 0 Å². The average Bonchev–Trinajstić information content (AvgIpc) is 3.20. The summed E-state index contributed by atoms with van der Waals surface area (Å²) in [5.41, 5.74) is 2.91. The van der Waals surface area contributed by atoms with Crippen LogP contribution in [0.15, 0.2) is 51.9 Å². The summed E-state index contributed by atoms with van der Waals surface area (Å²) in [5, 5.41) is 0. The minimum atomic E-state index is -2.72. The van der Waals surface area contributed by atoms with Crippen molar-refractivity contribution in [3.8, 4) is 9.55 Å². The third kappa shape index (κ3) is 5.23. The van der Waals surface area contributed by atoms with Crippen LogP contribution in [0.3, 0.4) is 0 Å². The van der Waals surface area contributed by atoms with Gasteiger partial charge in [-0.15, -0.1) is 0 Å². The van der Waals surface area contributed by atoms with Gasteiger partial charge in [0.1, 0.15) is 0 Å². The first-order valence-electron chi connectivity index (χ1n) is 8.39. The van der Waals surface area contributed by atoms with Gasteiger partial charge in [0.2, 0.25) is 0 Å². The predicted molar refractivity (Wildman–Crippen MR) is 100.0 cm³/mol. The van der Waals surface area contributed by atoms with E-state index in [9.17, 15) is 0 Å². The molecule has 0 aliphatic heterocycles. The van der Waals surface area contributed by atoms with E-state index < -0.39 is 20.3 Å². The van der Waals surface area contributed by atoms with E-state index in [0.29, 0.717) is 3.63 Å². The molecule has 0 bridgehead atoms. The molecule has 1 aromatic rings. The van der Waals surface area contributed by atoms with Crippen LogP contribution >= 0.6 is 0 Å². The van der Waals surface area contributed by atoms with Crippen LogP contribution < -0.4 is 24.8 Å². The molecule has 0 nitrogen and oxygen atoms in total. The molecular weight excluding hydrogens is 426 g/mol. The summed E-state index contributed by atoms with van der Waals surface area (Å²) in [6, 6.07) is 8.87. The van der Waals surface area contributed by atoms with E-state index in [2.05, 4.69) is 75.7 Å². The first-order valence-corrected chi connectivity index (χ1v) is 14.7. The number of halogens is 2. The summed E-state index contributed by atoms with van der Waals surface area (Å²) in [7, 11) is 0. The predicted octanol–water partition coefficient (Wildman–Crippen LogP) is 0.596.